The SMILES string of the molecule is Nc1ccc(S(=O)(=O)N(Cc2cccs2)C2CC2)c(Cl)c1. The van der Waals surface area contributed by atoms with Gasteiger partial charge >= 0.3 is 0 Å². The number of rotatable bonds is 5. The van der Waals surface area contributed by atoms with Crippen molar-refractivity contribution >= 4 is 38.6 Å². The second-order valence-corrected chi connectivity index (χ2v) is 8.35. The van der Waals surface area contributed by atoms with E-state index in [1.54, 1.807) is 21.7 Å². The van der Waals surface area contributed by atoms with Crippen LogP contribution in [0.2, 0.25) is 5.02 Å². The van der Waals surface area contributed by atoms with E-state index >= 15 is 0 Å². The van der Waals surface area contributed by atoms with Crippen molar-refractivity contribution in [3.63, 3.8) is 0 Å². The largest absolute Gasteiger partial charge is 0.399 e. The second kappa shape index (κ2) is 5.61. The zero-order valence-corrected chi connectivity index (χ0v) is 13.6. The lowest BCUT2D eigenvalue weighted by Gasteiger charge is -2.22. The van der Waals surface area contributed by atoms with Gasteiger partial charge in [-0.1, -0.05) is 17.7 Å². The van der Waals surface area contributed by atoms with Crippen molar-refractivity contribution in [2.45, 2.75) is 30.3 Å². The van der Waals surface area contributed by atoms with Crippen LogP contribution in [0.3, 0.4) is 0 Å². The monoisotopic (exact) mass is 342 g/mol. The number of sulfonamides is 1. The molecular formula is C14H15ClN2O2S2. The Labute approximate surface area is 133 Å². The van der Waals surface area contributed by atoms with Crippen LogP contribution in [0.25, 0.3) is 0 Å². The number of halogens is 1. The summed E-state index contributed by atoms with van der Waals surface area (Å²) in [6, 6.07) is 8.47. The Morgan fingerprint density at radius 2 is 2.10 bits per heavy atom. The highest BCUT2D eigenvalue weighted by molar-refractivity contribution is 7.89. The molecule has 0 bridgehead atoms. The molecule has 1 aliphatic carbocycles. The maximum atomic E-state index is 12.9. The summed E-state index contributed by atoms with van der Waals surface area (Å²) in [6.45, 7) is 0.394. The van der Waals surface area contributed by atoms with Crippen LogP contribution >= 0.6 is 22.9 Å². The van der Waals surface area contributed by atoms with Gasteiger partial charge in [0, 0.05) is 23.2 Å². The summed E-state index contributed by atoms with van der Waals surface area (Å²) in [5.74, 6) is 0. The van der Waals surface area contributed by atoms with Gasteiger partial charge in [-0.2, -0.15) is 4.31 Å². The van der Waals surface area contributed by atoms with Gasteiger partial charge in [-0.3, -0.25) is 0 Å². The van der Waals surface area contributed by atoms with Crippen LogP contribution in [-0.4, -0.2) is 18.8 Å². The van der Waals surface area contributed by atoms with Gasteiger partial charge in [0.25, 0.3) is 0 Å². The summed E-state index contributed by atoms with van der Waals surface area (Å²) < 4.78 is 27.3. The van der Waals surface area contributed by atoms with Crippen molar-refractivity contribution < 1.29 is 8.42 Å². The van der Waals surface area contributed by atoms with Gasteiger partial charge in [-0.25, -0.2) is 8.42 Å². The Morgan fingerprint density at radius 1 is 1.33 bits per heavy atom. The molecule has 0 unspecified atom stereocenters. The maximum Gasteiger partial charge on any atom is 0.245 e. The van der Waals surface area contributed by atoms with Crippen molar-refractivity contribution in [2.75, 3.05) is 5.73 Å². The summed E-state index contributed by atoms with van der Waals surface area (Å²) in [5, 5.41) is 2.12. The average molecular weight is 343 g/mol. The van der Waals surface area contributed by atoms with Crippen molar-refractivity contribution in [3.8, 4) is 0 Å². The molecule has 7 heteroatoms. The first kappa shape index (κ1) is 14.8. The number of nitrogens with two attached hydrogens (primary N) is 1. The van der Waals surface area contributed by atoms with Crippen molar-refractivity contribution in [1.29, 1.82) is 0 Å². The molecule has 1 aliphatic rings. The third-order valence-electron chi connectivity index (χ3n) is 3.39. The molecule has 1 aromatic heterocycles. The lowest BCUT2D eigenvalue weighted by atomic mass is 10.3. The summed E-state index contributed by atoms with van der Waals surface area (Å²) in [7, 11) is -3.61. The Balaban J connectivity index is 1.97. The van der Waals surface area contributed by atoms with Crippen LogP contribution in [0.5, 0.6) is 0 Å². The molecule has 4 nitrogen and oxygen atoms in total. The minimum Gasteiger partial charge on any atom is -0.399 e. The molecule has 2 aromatic rings. The molecule has 3 rings (SSSR count). The van der Waals surface area contributed by atoms with E-state index in [0.29, 0.717) is 12.2 Å². The fraction of sp³-hybridized carbons (Fsp3) is 0.286. The third-order valence-corrected chi connectivity index (χ3v) is 6.63. The first-order valence-corrected chi connectivity index (χ1v) is 9.27. The number of anilines is 1. The van der Waals surface area contributed by atoms with Crippen LogP contribution < -0.4 is 5.73 Å². The van der Waals surface area contributed by atoms with E-state index in [0.717, 1.165) is 17.7 Å². The van der Waals surface area contributed by atoms with Crippen LogP contribution in [-0.2, 0) is 16.6 Å². The summed E-state index contributed by atoms with van der Waals surface area (Å²) in [4.78, 5) is 1.15. The Kier molecular flexibility index (Phi) is 3.96. The molecule has 1 fully saturated rings. The van der Waals surface area contributed by atoms with Crippen LogP contribution in [0.4, 0.5) is 5.69 Å². The Bertz CT molecular complexity index is 740. The Hall–Kier alpha value is -1.08. The molecule has 0 radical (unpaired) electrons. The van der Waals surface area contributed by atoms with Gasteiger partial charge in [0.15, 0.2) is 0 Å². The molecule has 112 valence electrons. The van der Waals surface area contributed by atoms with Crippen LogP contribution in [0, 0.1) is 0 Å². The zero-order chi connectivity index (χ0) is 15.0. The highest BCUT2D eigenvalue weighted by Gasteiger charge is 2.39. The predicted octanol–water partition coefficient (Wildman–Crippen LogP) is 3.34. The van der Waals surface area contributed by atoms with Crippen LogP contribution in [0.15, 0.2) is 40.6 Å². The first-order chi connectivity index (χ1) is 9.98. The molecular weight excluding hydrogens is 328 g/mol. The molecule has 21 heavy (non-hydrogen) atoms. The van der Waals surface area contributed by atoms with Gasteiger partial charge in [0.2, 0.25) is 10.0 Å². The highest BCUT2D eigenvalue weighted by Crippen LogP contribution is 2.36. The zero-order valence-electron chi connectivity index (χ0n) is 11.2. The molecule has 0 saturated heterocycles. The second-order valence-electron chi connectivity index (χ2n) is 5.05. The minimum absolute atomic E-state index is 0.0747. The normalized spacial score (nSPS) is 15.5. The summed E-state index contributed by atoms with van der Waals surface area (Å²) >= 11 is 7.64. The van der Waals surface area contributed by atoms with E-state index in [-0.39, 0.29) is 16.0 Å². The predicted molar refractivity (Wildman–Crippen MR) is 85.9 cm³/mol. The van der Waals surface area contributed by atoms with E-state index in [2.05, 4.69) is 0 Å². The molecule has 2 N–H and O–H groups in total. The van der Waals surface area contributed by atoms with E-state index in [9.17, 15) is 8.42 Å². The number of benzene rings is 1. The molecule has 0 amide bonds. The number of nitrogen functional groups attached to an aromatic ring is 1. The molecule has 0 spiro atoms. The molecule has 1 saturated carbocycles. The molecule has 1 aromatic carbocycles. The van der Waals surface area contributed by atoms with Gasteiger partial charge in [0.05, 0.1) is 5.02 Å². The average Bonchev–Trinajstić information content (AvgIpc) is 3.11. The summed E-state index contributed by atoms with van der Waals surface area (Å²) in [5.41, 5.74) is 6.09. The first-order valence-electron chi connectivity index (χ1n) is 6.58. The van der Waals surface area contributed by atoms with Crippen molar-refractivity contribution in [3.05, 3.63) is 45.6 Å². The topological polar surface area (TPSA) is 63.4 Å². The van der Waals surface area contributed by atoms with Crippen molar-refractivity contribution in [2.24, 2.45) is 0 Å². The number of nitrogens with zero attached hydrogens (tertiary/aromatic N) is 1. The van der Waals surface area contributed by atoms with Crippen molar-refractivity contribution in [1.82, 2.24) is 4.31 Å². The van der Waals surface area contributed by atoms with Crippen LogP contribution in [0.1, 0.15) is 17.7 Å². The Morgan fingerprint density at radius 3 is 2.67 bits per heavy atom. The van der Waals surface area contributed by atoms with Gasteiger partial charge < -0.3 is 5.73 Å². The lowest BCUT2D eigenvalue weighted by molar-refractivity contribution is 0.401. The summed E-state index contributed by atoms with van der Waals surface area (Å²) in [6.07, 6.45) is 1.80. The fourth-order valence-corrected chi connectivity index (χ4v) is 5.16. The van der Waals surface area contributed by atoms with Gasteiger partial charge in [-0.05, 0) is 42.5 Å². The maximum absolute atomic E-state index is 12.9. The molecule has 1 heterocycles. The van der Waals surface area contributed by atoms with E-state index < -0.39 is 10.0 Å². The number of hydrogen-bond acceptors (Lipinski definition) is 4. The number of hydrogen-bond donors (Lipinski definition) is 1. The quantitative estimate of drug-likeness (QED) is 0.847. The standard InChI is InChI=1S/C14H15ClN2O2S2/c15-13-8-10(16)3-6-14(13)21(18,19)17(11-4-5-11)9-12-2-1-7-20-12/h1-3,6-8,11H,4-5,9,16H2. The molecule has 0 atom stereocenters. The fourth-order valence-electron chi connectivity index (χ4n) is 2.18. The molecule has 0 aliphatic heterocycles. The third kappa shape index (κ3) is 3.08. The minimum atomic E-state index is -3.61. The highest BCUT2D eigenvalue weighted by atomic mass is 35.5. The van der Waals surface area contributed by atoms with Gasteiger partial charge in [0.1, 0.15) is 4.90 Å². The lowest BCUT2D eigenvalue weighted by Crippen LogP contribution is -2.32. The number of thiophene rings is 1. The van der Waals surface area contributed by atoms with E-state index in [1.165, 1.54) is 12.1 Å². The van der Waals surface area contributed by atoms with Gasteiger partial charge in [-0.15, -0.1) is 11.3 Å². The van der Waals surface area contributed by atoms with E-state index in [4.69, 9.17) is 17.3 Å². The smallest absolute Gasteiger partial charge is 0.245 e. The van der Waals surface area contributed by atoms with E-state index in [1.807, 2.05) is 17.5 Å².